The molecule has 10 heteroatoms. The van der Waals surface area contributed by atoms with Crippen molar-refractivity contribution in [3.63, 3.8) is 0 Å². The van der Waals surface area contributed by atoms with Gasteiger partial charge >= 0.3 is 0 Å². The molecule has 4 N–H and O–H groups in total. The number of aromatic amines is 1. The maximum absolute atomic E-state index is 13.5. The molecule has 0 aliphatic heterocycles. The number of rotatable bonds is 5. The summed E-state index contributed by atoms with van der Waals surface area (Å²) in [6.07, 6.45) is 1.54. The van der Waals surface area contributed by atoms with Crippen molar-refractivity contribution in [2.75, 3.05) is 5.73 Å². The van der Waals surface area contributed by atoms with E-state index in [1.165, 1.54) is 24.3 Å². The summed E-state index contributed by atoms with van der Waals surface area (Å²) in [5.41, 5.74) is 8.84. The van der Waals surface area contributed by atoms with Gasteiger partial charge in [-0.1, -0.05) is 36.4 Å². The van der Waals surface area contributed by atoms with Crippen LogP contribution in [0.4, 0.5) is 11.4 Å². The van der Waals surface area contributed by atoms with Crippen molar-refractivity contribution in [1.29, 1.82) is 0 Å². The lowest BCUT2D eigenvalue weighted by atomic mass is 9.83. The van der Waals surface area contributed by atoms with Crippen LogP contribution in [0.25, 0.3) is 22.8 Å². The van der Waals surface area contributed by atoms with Crippen molar-refractivity contribution in [2.24, 2.45) is 0 Å². The number of carbonyl (C=O) groups excluding carboxylic acids is 3. The second kappa shape index (κ2) is 9.44. The Labute approximate surface area is 226 Å². The summed E-state index contributed by atoms with van der Waals surface area (Å²) in [6.45, 7) is 0. The molecule has 4 aromatic carbocycles. The van der Waals surface area contributed by atoms with E-state index in [1.54, 1.807) is 66.7 Å². The van der Waals surface area contributed by atoms with Gasteiger partial charge < -0.3 is 16.0 Å². The Bertz CT molecular complexity index is 1920. The number of imidazole rings is 1. The normalized spacial score (nSPS) is 12.7. The number of nitrogen functional groups attached to an aromatic ring is 1. The molecule has 1 aromatic heterocycles. The zero-order valence-corrected chi connectivity index (χ0v) is 20.7. The van der Waals surface area contributed by atoms with E-state index < -0.39 is 10.8 Å². The monoisotopic (exact) mass is 529 g/mol. The fourth-order valence-corrected chi connectivity index (χ4v) is 4.67. The molecule has 0 radical (unpaired) electrons. The highest BCUT2D eigenvalue weighted by Crippen LogP contribution is 2.32. The van der Waals surface area contributed by atoms with Crippen molar-refractivity contribution in [3.05, 3.63) is 134 Å². The number of amides is 1. The van der Waals surface area contributed by atoms with Gasteiger partial charge in [-0.15, -0.1) is 0 Å². The molecule has 1 amide bonds. The van der Waals surface area contributed by atoms with E-state index in [-0.39, 0.29) is 45.4 Å². The summed E-state index contributed by atoms with van der Waals surface area (Å²) in [4.78, 5) is 58.3. The molecule has 40 heavy (non-hydrogen) atoms. The van der Waals surface area contributed by atoms with Gasteiger partial charge in [-0.3, -0.25) is 24.5 Å². The number of ketones is 2. The second-order valence-electron chi connectivity index (χ2n) is 9.16. The Morgan fingerprint density at radius 2 is 1.62 bits per heavy atom. The molecule has 0 bridgehead atoms. The number of H-pyrrole nitrogens is 1. The zero-order chi connectivity index (χ0) is 28.0. The van der Waals surface area contributed by atoms with Gasteiger partial charge in [0, 0.05) is 40.1 Å². The van der Waals surface area contributed by atoms with Gasteiger partial charge in [0.1, 0.15) is 5.52 Å². The number of nitro benzene ring substituents is 1. The first kappa shape index (κ1) is 24.4. The molecule has 6 rings (SSSR count). The second-order valence-corrected chi connectivity index (χ2v) is 9.16. The number of nitrogens with two attached hydrogens (primary N) is 1. The lowest BCUT2D eigenvalue weighted by molar-refractivity contribution is -0.384. The van der Waals surface area contributed by atoms with Gasteiger partial charge in [-0.25, -0.2) is 4.98 Å². The molecular formula is C30H19N5O5. The first-order valence-corrected chi connectivity index (χ1v) is 12.1. The van der Waals surface area contributed by atoms with Crippen LogP contribution in [0.3, 0.4) is 0 Å². The minimum absolute atomic E-state index is 0.126. The first-order chi connectivity index (χ1) is 19.3. The molecule has 0 saturated heterocycles. The molecule has 0 fully saturated rings. The van der Waals surface area contributed by atoms with Crippen LogP contribution in [0.1, 0.15) is 53.6 Å². The minimum Gasteiger partial charge on any atom is -0.399 e. The summed E-state index contributed by atoms with van der Waals surface area (Å²) < 4.78 is 0. The van der Waals surface area contributed by atoms with Crippen LogP contribution < -0.4 is 11.1 Å². The molecule has 5 aromatic rings. The smallest absolute Gasteiger partial charge is 0.270 e. The fourth-order valence-electron chi connectivity index (χ4n) is 4.67. The van der Waals surface area contributed by atoms with E-state index in [4.69, 9.17) is 5.73 Å². The molecule has 194 valence electrons. The van der Waals surface area contributed by atoms with E-state index in [0.29, 0.717) is 33.5 Å². The predicted octanol–water partition coefficient (Wildman–Crippen LogP) is 4.76. The first-order valence-electron chi connectivity index (χ1n) is 12.1. The van der Waals surface area contributed by atoms with Crippen molar-refractivity contribution in [1.82, 2.24) is 15.3 Å². The van der Waals surface area contributed by atoms with Gasteiger partial charge in [-0.05, 0) is 48.0 Å². The highest BCUT2D eigenvalue weighted by molar-refractivity contribution is 6.31. The number of non-ortho nitro benzene ring substituents is 1. The van der Waals surface area contributed by atoms with Gasteiger partial charge in [0.05, 0.1) is 21.7 Å². The molecule has 0 saturated carbocycles. The number of hydrogen-bond acceptors (Lipinski definition) is 7. The van der Waals surface area contributed by atoms with Crippen LogP contribution >= 0.6 is 0 Å². The van der Waals surface area contributed by atoms with Crippen LogP contribution in [0.2, 0.25) is 0 Å². The van der Waals surface area contributed by atoms with Crippen LogP contribution in [0.5, 0.6) is 0 Å². The van der Waals surface area contributed by atoms with Crippen molar-refractivity contribution in [2.45, 2.75) is 0 Å². The lowest BCUT2D eigenvalue weighted by Crippen LogP contribution is -2.22. The largest absolute Gasteiger partial charge is 0.399 e. The lowest BCUT2D eigenvalue weighted by Gasteiger charge is -2.17. The zero-order valence-electron chi connectivity index (χ0n) is 20.7. The minimum atomic E-state index is -0.516. The number of nitrogens with one attached hydrogen (secondary N) is 2. The molecule has 0 unspecified atom stereocenters. The van der Waals surface area contributed by atoms with Crippen LogP contribution in [-0.4, -0.2) is 32.4 Å². The third-order valence-corrected chi connectivity index (χ3v) is 6.61. The predicted molar refractivity (Wildman–Crippen MR) is 149 cm³/mol. The maximum Gasteiger partial charge on any atom is 0.270 e. The summed E-state index contributed by atoms with van der Waals surface area (Å²) >= 11 is 0. The van der Waals surface area contributed by atoms with Gasteiger partial charge in [0.15, 0.2) is 17.4 Å². The third-order valence-electron chi connectivity index (χ3n) is 6.61. The van der Waals surface area contributed by atoms with E-state index in [2.05, 4.69) is 15.3 Å². The Morgan fingerprint density at radius 3 is 2.35 bits per heavy atom. The Balaban J connectivity index is 1.49. The number of fused-ring (bicyclic) bond motifs is 4. The summed E-state index contributed by atoms with van der Waals surface area (Å²) in [7, 11) is 0. The van der Waals surface area contributed by atoms with Crippen LogP contribution in [0.15, 0.2) is 84.9 Å². The SMILES string of the molecule is Nc1ccc(C(=O)N/C(=C\c2cccc([N+](=O)[O-])c2)c2nc3c4c(ccc3[nH]2)C(=O)c2ccccc2C4=O)cc1. The number of benzene rings is 4. The molecule has 0 spiro atoms. The number of anilines is 1. The van der Waals surface area contributed by atoms with E-state index in [9.17, 15) is 24.5 Å². The Morgan fingerprint density at radius 1 is 0.900 bits per heavy atom. The number of nitro groups is 1. The number of carbonyl (C=O) groups is 3. The third kappa shape index (κ3) is 4.19. The molecular weight excluding hydrogens is 510 g/mol. The number of nitrogens with zero attached hydrogens (tertiary/aromatic N) is 2. The summed E-state index contributed by atoms with van der Waals surface area (Å²) in [6, 6.07) is 22.0. The fraction of sp³-hybridized carbons (Fsp3) is 0. The van der Waals surface area contributed by atoms with Crippen molar-refractivity contribution in [3.8, 4) is 0 Å². The van der Waals surface area contributed by atoms with Crippen LogP contribution in [-0.2, 0) is 0 Å². The van der Waals surface area contributed by atoms with E-state index >= 15 is 0 Å². The van der Waals surface area contributed by atoms with Crippen molar-refractivity contribution < 1.29 is 19.3 Å². The summed E-state index contributed by atoms with van der Waals surface area (Å²) in [5, 5.41) is 14.1. The van der Waals surface area contributed by atoms with Gasteiger partial charge in [-0.2, -0.15) is 0 Å². The van der Waals surface area contributed by atoms with E-state index in [0.717, 1.165) is 0 Å². The highest BCUT2D eigenvalue weighted by atomic mass is 16.6. The Hall–Kier alpha value is -5.90. The van der Waals surface area contributed by atoms with Gasteiger partial charge in [0.25, 0.3) is 11.6 Å². The number of hydrogen-bond donors (Lipinski definition) is 3. The molecule has 10 nitrogen and oxygen atoms in total. The molecule has 1 heterocycles. The summed E-state index contributed by atoms with van der Waals surface area (Å²) in [5.74, 6) is -0.887. The average molecular weight is 530 g/mol. The molecule has 1 aliphatic rings. The quantitative estimate of drug-likeness (QED) is 0.165. The van der Waals surface area contributed by atoms with Crippen molar-refractivity contribution >= 4 is 51.7 Å². The topological polar surface area (TPSA) is 161 Å². The average Bonchev–Trinajstić information content (AvgIpc) is 3.40. The molecule has 1 aliphatic carbocycles. The highest BCUT2D eigenvalue weighted by Gasteiger charge is 2.32. The molecule has 0 atom stereocenters. The maximum atomic E-state index is 13.5. The standard InChI is InChI=1S/C30H19N5O5/c31-18-10-8-17(9-11-18)30(38)33-24(15-16-4-3-5-19(14-16)35(39)40)29-32-23-13-12-22-25(26(23)34-29)28(37)21-7-2-1-6-20(21)27(22)36/h1-15H,31H2,(H,32,34)(H,33,38)/b24-15-. The van der Waals surface area contributed by atoms with Gasteiger partial charge in [0.2, 0.25) is 0 Å². The van der Waals surface area contributed by atoms with E-state index in [1.807, 2.05) is 0 Å². The van der Waals surface area contributed by atoms with Crippen LogP contribution in [0, 0.1) is 10.1 Å². The number of aromatic nitrogens is 2. The Kier molecular flexibility index (Phi) is 5.77.